The second-order valence-electron chi connectivity index (χ2n) is 11.4. The maximum Gasteiger partial charge on any atom is 0.264 e. The summed E-state index contributed by atoms with van der Waals surface area (Å²) in [7, 11) is -4.16. The number of sulfonamides is 1. The van der Waals surface area contributed by atoms with Crippen molar-refractivity contribution in [3.05, 3.63) is 130 Å². The number of nitrogens with one attached hydrogen (secondary N) is 1. The van der Waals surface area contributed by atoms with E-state index in [1.165, 1.54) is 17.0 Å². The molecule has 7 nitrogen and oxygen atoms in total. The highest BCUT2D eigenvalue weighted by Crippen LogP contribution is 2.27. The molecule has 10 heteroatoms. The molecule has 2 amide bonds. The molecule has 0 saturated heterocycles. The van der Waals surface area contributed by atoms with Crippen LogP contribution in [0.3, 0.4) is 0 Å². The van der Waals surface area contributed by atoms with Crippen LogP contribution in [0.15, 0.2) is 114 Å². The van der Waals surface area contributed by atoms with Crippen molar-refractivity contribution in [2.75, 3.05) is 10.8 Å². The largest absolute Gasteiger partial charge is 0.350 e. The number of rotatable bonds is 11. The van der Waals surface area contributed by atoms with E-state index in [1.54, 1.807) is 66.7 Å². The molecule has 230 valence electrons. The summed E-state index contributed by atoms with van der Waals surface area (Å²) in [6, 6.07) is 29.6. The van der Waals surface area contributed by atoms with Crippen molar-refractivity contribution >= 4 is 50.7 Å². The zero-order chi connectivity index (χ0) is 31.9. The van der Waals surface area contributed by atoms with Gasteiger partial charge in [0.2, 0.25) is 11.8 Å². The van der Waals surface area contributed by atoms with E-state index in [9.17, 15) is 18.0 Å². The predicted molar refractivity (Wildman–Crippen MR) is 176 cm³/mol. The van der Waals surface area contributed by atoms with E-state index in [0.717, 1.165) is 9.87 Å². The van der Waals surface area contributed by atoms with Crippen molar-refractivity contribution in [2.45, 2.75) is 50.2 Å². The van der Waals surface area contributed by atoms with Crippen LogP contribution in [-0.2, 0) is 32.6 Å². The number of carbonyl (C=O) groups is 2. The summed E-state index contributed by atoms with van der Waals surface area (Å²) in [5.74, 6) is -0.957. The van der Waals surface area contributed by atoms with Crippen LogP contribution in [0.25, 0.3) is 0 Å². The standard InChI is InChI=1S/C34H35Cl2N3O4S/c1-34(2,3)37-33(41)31(21-25-13-7-4-8-14-25)38(23-26-19-20-27(35)22-30(26)36)32(40)24-39(28-15-9-5-10-16-28)44(42,43)29-17-11-6-12-18-29/h4-20,22,31H,21,23-24H2,1-3H3,(H,37,41)/t31-/m0/s1. The number of nitrogens with zero attached hydrogens (tertiary/aromatic N) is 2. The van der Waals surface area contributed by atoms with E-state index in [4.69, 9.17) is 23.2 Å². The Morgan fingerprint density at radius 3 is 1.95 bits per heavy atom. The first-order valence-corrected chi connectivity index (χ1v) is 16.3. The van der Waals surface area contributed by atoms with Crippen molar-refractivity contribution in [1.29, 1.82) is 0 Å². The minimum atomic E-state index is -4.16. The third-order valence-corrected chi connectivity index (χ3v) is 9.15. The van der Waals surface area contributed by atoms with Gasteiger partial charge in [-0.15, -0.1) is 0 Å². The van der Waals surface area contributed by atoms with Gasteiger partial charge in [0.15, 0.2) is 0 Å². The average Bonchev–Trinajstić information content (AvgIpc) is 2.99. The number of amides is 2. The molecule has 0 aliphatic carbocycles. The highest BCUT2D eigenvalue weighted by atomic mass is 35.5. The van der Waals surface area contributed by atoms with E-state index in [2.05, 4.69) is 5.32 Å². The van der Waals surface area contributed by atoms with Crippen molar-refractivity contribution in [3.8, 4) is 0 Å². The molecule has 4 rings (SSSR count). The fourth-order valence-corrected chi connectivity index (χ4v) is 6.59. The Morgan fingerprint density at radius 1 is 0.818 bits per heavy atom. The molecule has 0 heterocycles. The van der Waals surface area contributed by atoms with Crippen LogP contribution in [0.1, 0.15) is 31.9 Å². The van der Waals surface area contributed by atoms with Gasteiger partial charge in [0.1, 0.15) is 12.6 Å². The van der Waals surface area contributed by atoms with Crippen LogP contribution in [-0.4, -0.2) is 43.3 Å². The average molecular weight is 653 g/mol. The Kier molecular flexibility index (Phi) is 10.7. The first-order chi connectivity index (χ1) is 20.8. The van der Waals surface area contributed by atoms with Crippen molar-refractivity contribution < 1.29 is 18.0 Å². The van der Waals surface area contributed by atoms with Crippen LogP contribution in [0.4, 0.5) is 5.69 Å². The van der Waals surface area contributed by atoms with E-state index >= 15 is 0 Å². The number of anilines is 1. The molecule has 44 heavy (non-hydrogen) atoms. The molecule has 0 aliphatic heterocycles. The molecular weight excluding hydrogens is 617 g/mol. The highest BCUT2D eigenvalue weighted by Gasteiger charge is 2.35. The Balaban J connectivity index is 1.82. The van der Waals surface area contributed by atoms with Crippen LogP contribution in [0, 0.1) is 0 Å². The van der Waals surface area contributed by atoms with Crippen LogP contribution >= 0.6 is 23.2 Å². The van der Waals surface area contributed by atoms with Crippen molar-refractivity contribution in [3.63, 3.8) is 0 Å². The lowest BCUT2D eigenvalue weighted by Crippen LogP contribution is -2.56. The topological polar surface area (TPSA) is 86.8 Å². The summed E-state index contributed by atoms with van der Waals surface area (Å²) in [5, 5.41) is 3.75. The Morgan fingerprint density at radius 2 is 1.39 bits per heavy atom. The first-order valence-electron chi connectivity index (χ1n) is 14.1. The van der Waals surface area contributed by atoms with E-state index in [0.29, 0.717) is 21.3 Å². The van der Waals surface area contributed by atoms with Gasteiger partial charge in [-0.25, -0.2) is 8.42 Å². The number of carbonyl (C=O) groups excluding carboxylic acids is 2. The SMILES string of the molecule is CC(C)(C)NC(=O)[C@H](Cc1ccccc1)N(Cc1ccc(Cl)cc1Cl)C(=O)CN(c1ccccc1)S(=O)(=O)c1ccccc1. The molecule has 0 spiro atoms. The predicted octanol–water partition coefficient (Wildman–Crippen LogP) is 6.74. The molecule has 0 saturated carbocycles. The zero-order valence-electron chi connectivity index (χ0n) is 24.8. The van der Waals surface area contributed by atoms with Gasteiger partial charge in [-0.3, -0.25) is 13.9 Å². The van der Waals surface area contributed by atoms with Crippen molar-refractivity contribution in [1.82, 2.24) is 10.2 Å². The van der Waals surface area contributed by atoms with Gasteiger partial charge in [0.05, 0.1) is 10.6 Å². The third kappa shape index (κ3) is 8.62. The van der Waals surface area contributed by atoms with Crippen LogP contribution in [0.2, 0.25) is 10.0 Å². The lowest BCUT2D eigenvalue weighted by Gasteiger charge is -2.35. The van der Waals surface area contributed by atoms with Crippen LogP contribution < -0.4 is 9.62 Å². The zero-order valence-corrected chi connectivity index (χ0v) is 27.1. The Labute approximate surface area is 269 Å². The molecule has 0 bridgehead atoms. The summed E-state index contributed by atoms with van der Waals surface area (Å²) in [4.78, 5) is 29.8. The molecular formula is C34H35Cl2N3O4S. The summed E-state index contributed by atoms with van der Waals surface area (Å²) in [5.41, 5.74) is 1.11. The Hall–Kier alpha value is -3.85. The molecule has 0 aliphatic rings. The molecule has 1 atom stereocenters. The van der Waals surface area contributed by atoms with Gasteiger partial charge in [0, 0.05) is 28.5 Å². The number of para-hydroxylation sites is 1. The Bertz CT molecular complexity index is 1680. The summed E-state index contributed by atoms with van der Waals surface area (Å²) < 4.78 is 29.0. The quantitative estimate of drug-likeness (QED) is 0.194. The van der Waals surface area contributed by atoms with Crippen LogP contribution in [0.5, 0.6) is 0 Å². The van der Waals surface area contributed by atoms with E-state index < -0.39 is 34.1 Å². The number of hydrogen-bond donors (Lipinski definition) is 1. The maximum atomic E-state index is 14.5. The van der Waals surface area contributed by atoms with E-state index in [-0.39, 0.29) is 23.8 Å². The third-order valence-electron chi connectivity index (χ3n) is 6.78. The monoisotopic (exact) mass is 651 g/mol. The second kappa shape index (κ2) is 14.3. The normalized spacial score (nSPS) is 12.3. The minimum Gasteiger partial charge on any atom is -0.350 e. The lowest BCUT2D eigenvalue weighted by molar-refractivity contribution is -0.140. The van der Waals surface area contributed by atoms with Gasteiger partial charge in [-0.05, 0) is 68.3 Å². The number of benzene rings is 4. The fraction of sp³-hybridized carbons (Fsp3) is 0.235. The molecule has 4 aromatic rings. The van der Waals surface area contributed by atoms with Gasteiger partial charge in [-0.1, -0.05) is 96.0 Å². The van der Waals surface area contributed by atoms with Gasteiger partial charge in [-0.2, -0.15) is 0 Å². The molecule has 0 radical (unpaired) electrons. The molecule has 0 fully saturated rings. The van der Waals surface area contributed by atoms with Gasteiger partial charge < -0.3 is 10.2 Å². The maximum absolute atomic E-state index is 14.5. The summed E-state index contributed by atoms with van der Waals surface area (Å²) >= 11 is 12.7. The fourth-order valence-electron chi connectivity index (χ4n) is 4.68. The summed E-state index contributed by atoms with van der Waals surface area (Å²) in [6.45, 7) is 4.96. The first kappa shape index (κ1) is 33.1. The van der Waals surface area contributed by atoms with E-state index in [1.807, 2.05) is 51.1 Å². The van der Waals surface area contributed by atoms with Gasteiger partial charge in [0.25, 0.3) is 10.0 Å². The highest BCUT2D eigenvalue weighted by molar-refractivity contribution is 7.92. The number of hydrogen-bond acceptors (Lipinski definition) is 4. The second-order valence-corrected chi connectivity index (χ2v) is 14.1. The molecule has 4 aromatic carbocycles. The smallest absolute Gasteiger partial charge is 0.264 e. The summed E-state index contributed by atoms with van der Waals surface area (Å²) in [6.07, 6.45) is 0.191. The minimum absolute atomic E-state index is 0.0373. The van der Waals surface area contributed by atoms with Crippen molar-refractivity contribution in [2.24, 2.45) is 0 Å². The lowest BCUT2D eigenvalue weighted by atomic mass is 10.0. The number of halogens is 2. The molecule has 0 aromatic heterocycles. The molecule has 0 unspecified atom stereocenters. The van der Waals surface area contributed by atoms with Gasteiger partial charge >= 0.3 is 0 Å². The molecule has 1 N–H and O–H groups in total.